The van der Waals surface area contributed by atoms with Gasteiger partial charge in [0.2, 0.25) is 5.12 Å². The van der Waals surface area contributed by atoms with E-state index in [0.29, 0.717) is 12.1 Å². The summed E-state index contributed by atoms with van der Waals surface area (Å²) in [5.41, 5.74) is 0.692. The van der Waals surface area contributed by atoms with Crippen LogP contribution >= 0.6 is 11.8 Å². The van der Waals surface area contributed by atoms with Crippen molar-refractivity contribution in [1.82, 2.24) is 14.5 Å². The maximum atomic E-state index is 12.5. The van der Waals surface area contributed by atoms with Gasteiger partial charge in [0.05, 0.1) is 6.33 Å². The van der Waals surface area contributed by atoms with E-state index in [4.69, 9.17) is 4.74 Å². The Kier molecular flexibility index (Phi) is 7.31. The van der Waals surface area contributed by atoms with Crippen LogP contribution in [0.15, 0.2) is 61.7 Å². The fourth-order valence-electron chi connectivity index (χ4n) is 3.39. The predicted octanol–water partition coefficient (Wildman–Crippen LogP) is 4.00. The average Bonchev–Trinajstić information content (AvgIpc) is 3.37. The number of carbonyl (C=O) groups excluding carboxylic acids is 2. The summed E-state index contributed by atoms with van der Waals surface area (Å²) in [6, 6.07) is 9.33. The first-order valence-electron chi connectivity index (χ1n) is 9.43. The molecule has 0 radical (unpaired) electrons. The lowest BCUT2D eigenvalue weighted by molar-refractivity contribution is 0.105. The topological polar surface area (TPSA) is 64.4 Å². The molecule has 3 rings (SSSR count). The summed E-state index contributed by atoms with van der Waals surface area (Å²) in [4.78, 5) is 30.8. The third-order valence-corrected chi connectivity index (χ3v) is 5.86. The van der Waals surface area contributed by atoms with Gasteiger partial charge in [-0.05, 0) is 19.3 Å². The van der Waals surface area contributed by atoms with E-state index in [-0.39, 0.29) is 29.1 Å². The summed E-state index contributed by atoms with van der Waals surface area (Å²) in [5.74, 6) is 0. The number of hydrogen-bond donors (Lipinski definition) is 0. The molecule has 2 heterocycles. The Labute approximate surface area is 169 Å². The molecule has 28 heavy (non-hydrogen) atoms. The van der Waals surface area contributed by atoms with Crippen molar-refractivity contribution in [3.63, 3.8) is 0 Å². The highest BCUT2D eigenvalue weighted by Crippen LogP contribution is 2.32. The largest absolute Gasteiger partial charge is 0.445 e. The van der Waals surface area contributed by atoms with E-state index in [2.05, 4.69) is 11.6 Å². The molecule has 1 aliphatic rings. The summed E-state index contributed by atoms with van der Waals surface area (Å²) in [6.45, 7) is 5.16. The van der Waals surface area contributed by atoms with Crippen LogP contribution < -0.4 is 0 Å². The lowest BCUT2D eigenvalue weighted by atomic mass is 10.1. The minimum absolute atomic E-state index is 0.0454. The van der Waals surface area contributed by atoms with Crippen LogP contribution in [0.3, 0.4) is 0 Å². The average molecular weight is 400 g/mol. The van der Waals surface area contributed by atoms with Gasteiger partial charge < -0.3 is 14.2 Å². The molecule has 1 amide bonds. The highest BCUT2D eigenvalue weighted by atomic mass is 32.2. The molecule has 7 heteroatoms. The zero-order chi connectivity index (χ0) is 19.8. The second-order valence-electron chi connectivity index (χ2n) is 6.74. The van der Waals surface area contributed by atoms with Crippen LogP contribution in [-0.2, 0) is 11.3 Å². The lowest BCUT2D eigenvalue weighted by Gasteiger charge is -2.23. The van der Waals surface area contributed by atoms with E-state index in [1.807, 2.05) is 41.1 Å². The molecule has 0 spiro atoms. The zero-order valence-electron chi connectivity index (χ0n) is 15.8. The summed E-state index contributed by atoms with van der Waals surface area (Å²) >= 11 is 1.32. The molecule has 6 nitrogen and oxygen atoms in total. The number of nitrogens with zero attached hydrogens (tertiary/aromatic N) is 3. The molecular weight excluding hydrogens is 374 g/mol. The lowest BCUT2D eigenvalue weighted by Crippen LogP contribution is -2.36. The quantitative estimate of drug-likeness (QED) is 0.628. The fraction of sp³-hybridized carbons (Fsp3) is 0.381. The van der Waals surface area contributed by atoms with Gasteiger partial charge in [0.15, 0.2) is 0 Å². The smallest absolute Gasteiger partial charge is 0.410 e. The normalized spacial score (nSPS) is 18.8. The maximum Gasteiger partial charge on any atom is 0.410 e. The molecule has 1 aromatic carbocycles. The molecule has 2 aromatic rings. The van der Waals surface area contributed by atoms with E-state index < -0.39 is 0 Å². The number of aromatic nitrogens is 2. The third kappa shape index (κ3) is 5.48. The van der Waals surface area contributed by atoms with Crippen LogP contribution in [0.5, 0.6) is 0 Å². The minimum atomic E-state index is -0.331. The van der Waals surface area contributed by atoms with Crippen LogP contribution in [0.2, 0.25) is 0 Å². The summed E-state index contributed by atoms with van der Waals surface area (Å²) in [5, 5.41) is 0.117. The number of hydrogen-bond acceptors (Lipinski definition) is 5. The number of rotatable bonds is 8. The monoisotopic (exact) mass is 399 g/mol. The third-order valence-electron chi connectivity index (χ3n) is 4.73. The summed E-state index contributed by atoms with van der Waals surface area (Å²) in [6.07, 6.45) is 9.29. The van der Waals surface area contributed by atoms with Crippen LogP contribution in [0.25, 0.3) is 0 Å². The van der Waals surface area contributed by atoms with Crippen molar-refractivity contribution in [1.29, 1.82) is 0 Å². The molecule has 0 aliphatic carbocycles. The number of imidazole rings is 1. The number of carbonyl (C=O) groups is 2. The molecule has 1 fully saturated rings. The molecule has 0 N–H and O–H groups in total. The van der Waals surface area contributed by atoms with Crippen LogP contribution in [0, 0.1) is 0 Å². The molecule has 0 bridgehead atoms. The van der Waals surface area contributed by atoms with E-state index in [0.717, 1.165) is 25.8 Å². The van der Waals surface area contributed by atoms with Crippen molar-refractivity contribution in [2.75, 3.05) is 13.2 Å². The van der Waals surface area contributed by atoms with Crippen molar-refractivity contribution < 1.29 is 14.3 Å². The summed E-state index contributed by atoms with van der Waals surface area (Å²) < 4.78 is 7.28. The van der Waals surface area contributed by atoms with Gasteiger partial charge in [-0.3, -0.25) is 4.79 Å². The second-order valence-corrected chi connectivity index (χ2v) is 8.02. The molecule has 1 aliphatic heterocycles. The van der Waals surface area contributed by atoms with Crippen molar-refractivity contribution in [3.05, 3.63) is 67.3 Å². The Bertz CT molecular complexity index is 779. The number of amides is 1. The first kappa shape index (κ1) is 20.2. The molecule has 2 atom stereocenters. The van der Waals surface area contributed by atoms with Crippen molar-refractivity contribution >= 4 is 23.0 Å². The fourth-order valence-corrected chi connectivity index (χ4v) is 4.52. The van der Waals surface area contributed by atoms with Gasteiger partial charge >= 0.3 is 6.09 Å². The Morgan fingerprint density at radius 3 is 2.86 bits per heavy atom. The molecule has 0 saturated carbocycles. The first-order chi connectivity index (χ1) is 13.7. The second kappa shape index (κ2) is 10.1. The number of thioether (sulfide) groups is 1. The van der Waals surface area contributed by atoms with Gasteiger partial charge in [-0.25, -0.2) is 9.78 Å². The number of aryl methyl sites for hydroxylation is 1. The molecule has 1 saturated heterocycles. The van der Waals surface area contributed by atoms with Gasteiger partial charge in [0, 0.05) is 42.3 Å². The number of likely N-dealkylation sites (tertiary alicyclic amines) is 1. The standard InChI is InChI=1S/C21H25N3O3S/c1-2-13-27-21(26)24-15-19(28-20(25)17-7-4-3-5-8-17)14-18(24)9-6-11-23-12-10-22-16-23/h2-5,7-8,10,12,16,18-19H,1,6,9,11,13-15H2/t18-,19+/m1/s1. The predicted molar refractivity (Wildman–Crippen MR) is 110 cm³/mol. The maximum absolute atomic E-state index is 12.5. The van der Waals surface area contributed by atoms with Gasteiger partial charge in [0.1, 0.15) is 6.61 Å². The molecule has 1 aromatic heterocycles. The highest BCUT2D eigenvalue weighted by molar-refractivity contribution is 8.14. The van der Waals surface area contributed by atoms with E-state index in [1.165, 1.54) is 11.8 Å². The van der Waals surface area contributed by atoms with Crippen LogP contribution in [-0.4, -0.2) is 50.1 Å². The van der Waals surface area contributed by atoms with Gasteiger partial charge in [-0.1, -0.05) is 54.7 Å². The van der Waals surface area contributed by atoms with Gasteiger partial charge in [-0.15, -0.1) is 0 Å². The Balaban J connectivity index is 1.59. The minimum Gasteiger partial charge on any atom is -0.445 e. The van der Waals surface area contributed by atoms with E-state index in [9.17, 15) is 9.59 Å². The highest BCUT2D eigenvalue weighted by Gasteiger charge is 2.37. The Morgan fingerprint density at radius 2 is 2.14 bits per heavy atom. The first-order valence-corrected chi connectivity index (χ1v) is 10.3. The summed E-state index contributed by atoms with van der Waals surface area (Å²) in [7, 11) is 0. The SMILES string of the molecule is C=CCOC(=O)N1C[C@@H](SC(=O)c2ccccc2)C[C@H]1CCCn1ccnc1. The number of benzene rings is 1. The Morgan fingerprint density at radius 1 is 1.32 bits per heavy atom. The van der Waals surface area contributed by atoms with Gasteiger partial charge in [-0.2, -0.15) is 0 Å². The van der Waals surface area contributed by atoms with Crippen molar-refractivity contribution in [3.8, 4) is 0 Å². The molecule has 0 unspecified atom stereocenters. The van der Waals surface area contributed by atoms with Crippen molar-refractivity contribution in [2.24, 2.45) is 0 Å². The zero-order valence-corrected chi connectivity index (χ0v) is 16.6. The van der Waals surface area contributed by atoms with Crippen molar-refractivity contribution in [2.45, 2.75) is 37.1 Å². The molecular formula is C21H25N3O3S. The molecule has 148 valence electrons. The van der Waals surface area contributed by atoms with E-state index in [1.54, 1.807) is 23.5 Å². The van der Waals surface area contributed by atoms with E-state index >= 15 is 0 Å². The van der Waals surface area contributed by atoms with Gasteiger partial charge in [0.25, 0.3) is 0 Å². The van der Waals surface area contributed by atoms with Crippen LogP contribution in [0.1, 0.15) is 29.6 Å². The number of ether oxygens (including phenoxy) is 1. The van der Waals surface area contributed by atoms with Crippen LogP contribution in [0.4, 0.5) is 4.79 Å². The Hall–Kier alpha value is -2.54.